The first kappa shape index (κ1) is 22.7. The maximum Gasteiger partial charge on any atom is 0.253 e. The van der Waals surface area contributed by atoms with Gasteiger partial charge in [0, 0.05) is 31.5 Å². The monoisotopic (exact) mass is 477 g/mol. The Morgan fingerprint density at radius 1 is 0.917 bits per heavy atom. The van der Waals surface area contributed by atoms with Crippen molar-refractivity contribution in [1.29, 1.82) is 0 Å². The third-order valence-corrected chi connectivity index (χ3v) is 5.63. The molecule has 3 aromatic heterocycles. The molecule has 0 aliphatic rings. The maximum atomic E-state index is 12.8. The quantitative estimate of drug-likeness (QED) is 0.340. The molecule has 0 fully saturated rings. The van der Waals surface area contributed by atoms with Crippen molar-refractivity contribution in [2.45, 2.75) is 13.5 Å². The molecular weight excluding hydrogens is 454 g/mol. The number of benzene rings is 2. The second-order valence-corrected chi connectivity index (χ2v) is 8.13. The largest absolute Gasteiger partial charge is 0.383 e. The van der Waals surface area contributed by atoms with Gasteiger partial charge in [0.05, 0.1) is 16.8 Å². The number of fused-ring (bicyclic) bond motifs is 1. The summed E-state index contributed by atoms with van der Waals surface area (Å²) in [5, 5.41) is 5.60. The van der Waals surface area contributed by atoms with E-state index >= 15 is 0 Å². The lowest BCUT2D eigenvalue weighted by molar-refractivity contribution is -0.114. The maximum absolute atomic E-state index is 12.8. The highest BCUT2D eigenvalue weighted by molar-refractivity contribution is 6.03. The van der Waals surface area contributed by atoms with Gasteiger partial charge in [0.15, 0.2) is 11.5 Å². The molecule has 0 spiro atoms. The molecule has 9 nitrogen and oxygen atoms in total. The lowest BCUT2D eigenvalue weighted by Gasteiger charge is -2.12. The van der Waals surface area contributed by atoms with Crippen molar-refractivity contribution >= 4 is 34.5 Å². The Morgan fingerprint density at radius 2 is 1.67 bits per heavy atom. The van der Waals surface area contributed by atoms with Crippen LogP contribution in [0.2, 0.25) is 0 Å². The molecule has 2 aromatic carbocycles. The second kappa shape index (κ2) is 9.67. The minimum atomic E-state index is -0.275. The van der Waals surface area contributed by atoms with E-state index in [2.05, 4.69) is 20.6 Å². The molecule has 9 heteroatoms. The van der Waals surface area contributed by atoms with Gasteiger partial charge < -0.3 is 16.4 Å². The van der Waals surface area contributed by atoms with Gasteiger partial charge in [-0.05, 0) is 54.1 Å². The van der Waals surface area contributed by atoms with E-state index < -0.39 is 0 Å². The zero-order valence-corrected chi connectivity index (χ0v) is 19.5. The average Bonchev–Trinajstić information content (AvgIpc) is 3.27. The van der Waals surface area contributed by atoms with E-state index in [1.54, 1.807) is 36.7 Å². The van der Waals surface area contributed by atoms with Gasteiger partial charge in [0.2, 0.25) is 5.91 Å². The molecule has 36 heavy (non-hydrogen) atoms. The molecule has 5 rings (SSSR count). The van der Waals surface area contributed by atoms with Gasteiger partial charge in [0.1, 0.15) is 11.3 Å². The summed E-state index contributed by atoms with van der Waals surface area (Å²) in [5.41, 5.74) is 10.9. The Bertz CT molecular complexity index is 1580. The fourth-order valence-corrected chi connectivity index (χ4v) is 3.96. The predicted molar refractivity (Wildman–Crippen MR) is 138 cm³/mol. The summed E-state index contributed by atoms with van der Waals surface area (Å²) in [6.45, 7) is 1.72. The summed E-state index contributed by atoms with van der Waals surface area (Å²) in [6, 6.07) is 22.1. The molecule has 0 atom stereocenters. The van der Waals surface area contributed by atoms with Crippen molar-refractivity contribution in [3.05, 3.63) is 96.3 Å². The van der Waals surface area contributed by atoms with Crippen LogP contribution in [-0.2, 0) is 11.3 Å². The predicted octanol–water partition coefficient (Wildman–Crippen LogP) is 3.95. The number of nitrogens with zero attached hydrogens (tertiary/aromatic N) is 4. The summed E-state index contributed by atoms with van der Waals surface area (Å²) in [5.74, 6) is 0.514. The fraction of sp³-hybridized carbons (Fsp3) is 0.0741. The molecule has 0 radical (unpaired) electrons. The van der Waals surface area contributed by atoms with E-state index in [9.17, 15) is 9.59 Å². The van der Waals surface area contributed by atoms with Crippen LogP contribution in [0.3, 0.4) is 0 Å². The highest BCUT2D eigenvalue weighted by atomic mass is 16.2. The van der Waals surface area contributed by atoms with Crippen LogP contribution in [0.4, 0.5) is 11.5 Å². The smallest absolute Gasteiger partial charge is 0.253 e. The topological polar surface area (TPSA) is 128 Å². The Hall–Kier alpha value is -5.05. The third-order valence-electron chi connectivity index (χ3n) is 5.63. The number of para-hydroxylation sites is 1. The first-order valence-electron chi connectivity index (χ1n) is 11.3. The number of hydrogen-bond acceptors (Lipinski definition) is 6. The van der Waals surface area contributed by atoms with Gasteiger partial charge in [-0.1, -0.05) is 24.3 Å². The Balaban J connectivity index is 1.41. The van der Waals surface area contributed by atoms with Gasteiger partial charge in [0.25, 0.3) is 5.91 Å². The number of carbonyl (C=O) groups excluding carboxylic acids is 2. The second-order valence-electron chi connectivity index (χ2n) is 8.13. The molecule has 0 saturated carbocycles. The highest BCUT2D eigenvalue weighted by Crippen LogP contribution is 2.30. The number of carbonyl (C=O) groups is 2. The summed E-state index contributed by atoms with van der Waals surface area (Å²) >= 11 is 0. The van der Waals surface area contributed by atoms with E-state index in [0.29, 0.717) is 40.6 Å². The zero-order chi connectivity index (χ0) is 25.1. The van der Waals surface area contributed by atoms with Crippen LogP contribution in [0, 0.1) is 0 Å². The van der Waals surface area contributed by atoms with Crippen molar-refractivity contribution in [2.75, 3.05) is 11.1 Å². The van der Waals surface area contributed by atoms with E-state index in [0.717, 1.165) is 16.8 Å². The van der Waals surface area contributed by atoms with E-state index in [1.807, 2.05) is 53.1 Å². The number of imidazole rings is 1. The average molecular weight is 478 g/mol. The minimum Gasteiger partial charge on any atom is -0.383 e. The van der Waals surface area contributed by atoms with Gasteiger partial charge in [-0.15, -0.1) is 0 Å². The van der Waals surface area contributed by atoms with Crippen molar-refractivity contribution in [2.24, 2.45) is 0 Å². The van der Waals surface area contributed by atoms with E-state index in [4.69, 9.17) is 10.7 Å². The zero-order valence-electron chi connectivity index (χ0n) is 19.5. The normalized spacial score (nSPS) is 10.8. The molecule has 4 N–H and O–H groups in total. The van der Waals surface area contributed by atoms with Crippen LogP contribution >= 0.6 is 0 Å². The van der Waals surface area contributed by atoms with Gasteiger partial charge in [-0.3, -0.25) is 14.2 Å². The van der Waals surface area contributed by atoms with Gasteiger partial charge in [-0.25, -0.2) is 15.0 Å². The molecule has 0 saturated heterocycles. The number of nitrogens with one attached hydrogen (secondary N) is 2. The van der Waals surface area contributed by atoms with Crippen molar-refractivity contribution in [3.8, 4) is 17.1 Å². The molecule has 0 bridgehead atoms. The summed E-state index contributed by atoms with van der Waals surface area (Å²) in [7, 11) is 0. The number of rotatable bonds is 6. The summed E-state index contributed by atoms with van der Waals surface area (Å²) < 4.78 is 1.94. The van der Waals surface area contributed by atoms with E-state index in [-0.39, 0.29) is 11.8 Å². The summed E-state index contributed by atoms with van der Waals surface area (Å²) in [4.78, 5) is 37.7. The standard InChI is InChI=1S/C27H23N7O2/c1-17(35)32-22-8-3-2-6-20(22)27(36)31-16-18-10-12-19(13-11-18)34-25(21-7-4-14-29-24(21)28)33-23-9-5-15-30-26(23)34/h2-15H,16H2,1H3,(H2,28,29)(H,31,36)(H,32,35). The Kier molecular flexibility index (Phi) is 6.10. The number of aromatic nitrogens is 4. The van der Waals surface area contributed by atoms with Gasteiger partial charge in [-0.2, -0.15) is 0 Å². The first-order chi connectivity index (χ1) is 17.5. The number of nitrogen functional groups attached to an aromatic ring is 1. The number of anilines is 2. The number of nitrogens with two attached hydrogens (primary N) is 1. The lowest BCUT2D eigenvalue weighted by Crippen LogP contribution is -2.24. The highest BCUT2D eigenvalue weighted by Gasteiger charge is 2.17. The molecular formula is C27H23N7O2. The lowest BCUT2D eigenvalue weighted by atomic mass is 10.1. The van der Waals surface area contributed by atoms with Crippen LogP contribution in [0.5, 0.6) is 0 Å². The third kappa shape index (κ3) is 4.49. The minimum absolute atomic E-state index is 0.236. The van der Waals surface area contributed by atoms with Crippen LogP contribution in [0.15, 0.2) is 85.2 Å². The summed E-state index contributed by atoms with van der Waals surface area (Å²) in [6.07, 6.45) is 3.36. The van der Waals surface area contributed by atoms with Crippen LogP contribution in [0.1, 0.15) is 22.8 Å². The molecule has 3 heterocycles. The molecule has 2 amide bonds. The number of amides is 2. The van der Waals surface area contributed by atoms with Crippen LogP contribution < -0.4 is 16.4 Å². The van der Waals surface area contributed by atoms with Crippen molar-refractivity contribution < 1.29 is 9.59 Å². The van der Waals surface area contributed by atoms with Gasteiger partial charge >= 0.3 is 0 Å². The van der Waals surface area contributed by atoms with E-state index in [1.165, 1.54) is 6.92 Å². The van der Waals surface area contributed by atoms with Crippen molar-refractivity contribution in [3.63, 3.8) is 0 Å². The molecule has 5 aromatic rings. The SMILES string of the molecule is CC(=O)Nc1ccccc1C(=O)NCc1ccc(-n2c(-c3cccnc3N)nc3cccnc32)cc1. The molecule has 0 aliphatic carbocycles. The molecule has 178 valence electrons. The number of hydrogen-bond donors (Lipinski definition) is 3. The fourth-order valence-electron chi connectivity index (χ4n) is 3.96. The molecule has 0 unspecified atom stereocenters. The Morgan fingerprint density at radius 3 is 2.44 bits per heavy atom. The van der Waals surface area contributed by atoms with Crippen molar-refractivity contribution in [1.82, 2.24) is 24.8 Å². The number of pyridine rings is 2. The van der Waals surface area contributed by atoms with Crippen LogP contribution in [0.25, 0.3) is 28.2 Å². The Labute approximate surface area is 207 Å². The molecule has 0 aliphatic heterocycles. The van der Waals surface area contributed by atoms with Crippen LogP contribution in [-0.4, -0.2) is 31.3 Å². The first-order valence-corrected chi connectivity index (χ1v) is 11.3.